The van der Waals surface area contributed by atoms with E-state index in [0.717, 1.165) is 39.5 Å². The Bertz CT molecular complexity index is 1270. The Labute approximate surface area is 269 Å². The van der Waals surface area contributed by atoms with Crippen LogP contribution in [0.25, 0.3) is 32.0 Å². The quantitative estimate of drug-likeness (QED) is 0.0342. The zero-order valence-electron chi connectivity index (χ0n) is 23.8. The second-order valence-electron chi connectivity index (χ2n) is 9.09. The highest BCUT2D eigenvalue weighted by molar-refractivity contribution is 14.1. The zero-order chi connectivity index (χ0) is 31.1. The monoisotopic (exact) mass is 726 g/mol. The van der Waals surface area contributed by atoms with E-state index >= 15 is 0 Å². The first-order valence-electron chi connectivity index (χ1n) is 13.8. The molecule has 0 saturated carbocycles. The van der Waals surface area contributed by atoms with Gasteiger partial charge in [0, 0.05) is 50.9 Å². The third kappa shape index (κ3) is 14.7. The van der Waals surface area contributed by atoms with Gasteiger partial charge in [-0.05, 0) is 64.9 Å². The highest BCUT2D eigenvalue weighted by Gasteiger charge is 2.14. The molecule has 0 saturated heterocycles. The number of carbonyl (C=O) groups excluding carboxylic acids is 2. The summed E-state index contributed by atoms with van der Waals surface area (Å²) < 4.78 is 17.8. The van der Waals surface area contributed by atoms with E-state index in [1.807, 2.05) is 30.3 Å². The largest absolute Gasteiger partial charge is 0.491 e. The summed E-state index contributed by atoms with van der Waals surface area (Å²) in [6.45, 7) is 2.33. The number of hydrogen-bond acceptors (Lipinski definition) is 7. The Morgan fingerprint density at radius 2 is 1.60 bits per heavy atom. The number of hydrogen-bond donors (Lipinski definition) is 2. The van der Waals surface area contributed by atoms with Crippen LogP contribution in [-0.2, 0) is 29.4 Å². The number of benzene rings is 2. The fourth-order valence-corrected chi connectivity index (χ4v) is 4.57. The van der Waals surface area contributed by atoms with Crippen LogP contribution >= 0.6 is 34.2 Å². The molecule has 2 rings (SSSR count). The van der Waals surface area contributed by atoms with Crippen molar-refractivity contribution in [2.24, 2.45) is 10.2 Å². The van der Waals surface area contributed by atoms with Gasteiger partial charge in [-0.2, -0.15) is 0 Å². The molecule has 0 aliphatic rings. The first-order valence-corrected chi connectivity index (χ1v) is 15.8. The lowest BCUT2D eigenvalue weighted by Crippen LogP contribution is -2.32. The summed E-state index contributed by atoms with van der Waals surface area (Å²) in [7, 11) is 0. The van der Waals surface area contributed by atoms with Gasteiger partial charge in [-0.25, -0.2) is 0 Å². The topological polar surface area (TPSA) is 183 Å². The fraction of sp³-hybridized carbons (Fsp3) is 0.500. The molecule has 232 valence electrons. The average molecular weight is 727 g/mol. The van der Waals surface area contributed by atoms with Crippen LogP contribution in [0.15, 0.2) is 46.6 Å². The Hall–Kier alpha value is -3.26. The zero-order valence-corrected chi connectivity index (χ0v) is 26.8. The van der Waals surface area contributed by atoms with Crippen LogP contribution in [-0.4, -0.2) is 64.5 Å². The molecule has 0 spiro atoms. The van der Waals surface area contributed by atoms with Crippen LogP contribution in [0.3, 0.4) is 0 Å². The first kappa shape index (κ1) is 35.9. The number of ether oxygens (including phenoxy) is 3. The highest BCUT2D eigenvalue weighted by Crippen LogP contribution is 2.36. The average Bonchev–Trinajstić information content (AvgIpc) is 3.02. The lowest BCUT2D eigenvalue weighted by Gasteiger charge is -2.17. The standard InChI is InChI=1S/C28H36ClIN8O5/c29-18-22-6-7-23(36-28(40)20-33-27(39)4-2-1-3-9-34-37-31)17-24(22)25-16-21(19-30)5-8-26(25)43-15-14-42-13-12-41-11-10-35-38-32/h5-8,16-17H,1-4,9-15,18-20H2,(H,33,39)(H,36,40). The van der Waals surface area contributed by atoms with E-state index in [1.165, 1.54) is 0 Å². The van der Waals surface area contributed by atoms with Crippen molar-refractivity contribution in [3.8, 4) is 16.9 Å². The van der Waals surface area contributed by atoms with Crippen LogP contribution in [0.4, 0.5) is 5.69 Å². The third-order valence-electron chi connectivity index (χ3n) is 5.95. The van der Waals surface area contributed by atoms with Crippen molar-refractivity contribution in [3.05, 3.63) is 68.4 Å². The number of amides is 2. The maximum atomic E-state index is 12.6. The summed E-state index contributed by atoms with van der Waals surface area (Å²) in [5.74, 6) is 0.359. The number of nitrogens with one attached hydrogen (secondary N) is 2. The lowest BCUT2D eigenvalue weighted by atomic mass is 9.97. The summed E-state index contributed by atoms with van der Waals surface area (Å²) >= 11 is 8.59. The smallest absolute Gasteiger partial charge is 0.243 e. The van der Waals surface area contributed by atoms with E-state index in [1.54, 1.807) is 6.07 Å². The number of halogens is 2. The van der Waals surface area contributed by atoms with Crippen LogP contribution in [0.5, 0.6) is 5.75 Å². The van der Waals surface area contributed by atoms with Gasteiger partial charge in [0.1, 0.15) is 12.4 Å². The normalized spacial score (nSPS) is 10.4. The molecule has 0 aliphatic carbocycles. The molecule has 0 aromatic heterocycles. The van der Waals surface area contributed by atoms with E-state index in [-0.39, 0.29) is 30.8 Å². The molecule has 0 unspecified atom stereocenters. The Morgan fingerprint density at radius 3 is 2.35 bits per heavy atom. The van der Waals surface area contributed by atoms with Crippen molar-refractivity contribution < 1.29 is 23.8 Å². The summed E-state index contributed by atoms with van der Waals surface area (Å²) in [5.41, 5.74) is 20.8. The van der Waals surface area contributed by atoms with E-state index in [0.29, 0.717) is 63.9 Å². The fourth-order valence-electron chi connectivity index (χ4n) is 3.86. The summed E-state index contributed by atoms with van der Waals surface area (Å²) in [6.07, 6.45) is 2.43. The van der Waals surface area contributed by atoms with Crippen LogP contribution in [0.1, 0.15) is 36.8 Å². The van der Waals surface area contributed by atoms with Crippen molar-refractivity contribution in [2.75, 3.05) is 58.0 Å². The highest BCUT2D eigenvalue weighted by atomic mass is 127. The molecule has 0 heterocycles. The number of carbonyl (C=O) groups is 2. The number of alkyl halides is 2. The molecule has 15 heteroatoms. The molecule has 0 radical (unpaired) electrons. The van der Waals surface area contributed by atoms with Gasteiger partial charge in [0.25, 0.3) is 0 Å². The molecule has 2 N–H and O–H groups in total. The van der Waals surface area contributed by atoms with Crippen molar-refractivity contribution in [1.82, 2.24) is 5.32 Å². The molecule has 0 aliphatic heterocycles. The second-order valence-corrected chi connectivity index (χ2v) is 10.1. The van der Waals surface area contributed by atoms with Crippen molar-refractivity contribution in [1.29, 1.82) is 0 Å². The number of unbranched alkanes of at least 4 members (excludes halogenated alkanes) is 2. The van der Waals surface area contributed by atoms with E-state index < -0.39 is 0 Å². The maximum Gasteiger partial charge on any atom is 0.243 e. The molecular formula is C28H36ClIN8O5. The number of rotatable bonds is 22. The number of anilines is 1. The SMILES string of the molecule is [N-]=[N+]=NCCCCCC(=O)NCC(=O)Nc1ccc(CCl)c(-c2cc(CI)ccc2OCCOCCOCCN=[N+]=[N-])c1. The van der Waals surface area contributed by atoms with E-state index in [9.17, 15) is 9.59 Å². The van der Waals surface area contributed by atoms with E-state index in [4.69, 9.17) is 36.9 Å². The Morgan fingerprint density at radius 1 is 0.860 bits per heavy atom. The van der Waals surface area contributed by atoms with Gasteiger partial charge in [-0.15, -0.1) is 11.6 Å². The second kappa shape index (κ2) is 22.3. The summed E-state index contributed by atoms with van der Waals surface area (Å²) in [4.78, 5) is 30.0. The van der Waals surface area contributed by atoms with Crippen LogP contribution < -0.4 is 15.4 Å². The summed E-state index contributed by atoms with van der Waals surface area (Å²) in [5, 5.41) is 12.4. The molecule has 2 amide bonds. The Balaban J connectivity index is 1.97. The minimum atomic E-state index is -0.349. The molecule has 2 aromatic carbocycles. The molecule has 0 fully saturated rings. The molecule has 0 bridgehead atoms. The Kier molecular flexibility index (Phi) is 18.6. The molecule has 13 nitrogen and oxygen atoms in total. The van der Waals surface area contributed by atoms with Crippen molar-refractivity contribution in [2.45, 2.75) is 36.0 Å². The minimum absolute atomic E-state index is 0.151. The van der Waals surface area contributed by atoms with Gasteiger partial charge >= 0.3 is 0 Å². The number of azide groups is 2. The maximum absolute atomic E-state index is 12.6. The van der Waals surface area contributed by atoms with E-state index in [2.05, 4.69) is 53.3 Å². The van der Waals surface area contributed by atoms with Crippen molar-refractivity contribution in [3.63, 3.8) is 0 Å². The predicted octanol–water partition coefficient (Wildman–Crippen LogP) is 6.68. The predicted molar refractivity (Wildman–Crippen MR) is 174 cm³/mol. The molecule has 43 heavy (non-hydrogen) atoms. The third-order valence-corrected chi connectivity index (χ3v) is 7.12. The van der Waals surface area contributed by atoms with Gasteiger partial charge in [-0.1, -0.05) is 51.4 Å². The lowest BCUT2D eigenvalue weighted by molar-refractivity contribution is -0.124. The molecule has 0 atom stereocenters. The van der Waals surface area contributed by atoms with Crippen LogP contribution in [0, 0.1) is 0 Å². The minimum Gasteiger partial charge on any atom is -0.491 e. The molecular weight excluding hydrogens is 691 g/mol. The van der Waals surface area contributed by atoms with Gasteiger partial charge in [0.05, 0.1) is 33.0 Å². The van der Waals surface area contributed by atoms with Gasteiger partial charge in [0.2, 0.25) is 11.8 Å². The first-order chi connectivity index (χ1) is 21.0. The van der Waals surface area contributed by atoms with Gasteiger partial charge in [-0.3, -0.25) is 9.59 Å². The molecule has 2 aromatic rings. The summed E-state index contributed by atoms with van der Waals surface area (Å²) in [6, 6.07) is 11.4. The van der Waals surface area contributed by atoms with Crippen LogP contribution in [0.2, 0.25) is 0 Å². The van der Waals surface area contributed by atoms with Crippen molar-refractivity contribution >= 4 is 51.7 Å². The van der Waals surface area contributed by atoms with Gasteiger partial charge in [0.15, 0.2) is 0 Å². The van der Waals surface area contributed by atoms with Gasteiger partial charge < -0.3 is 24.8 Å². The number of nitrogens with zero attached hydrogens (tertiary/aromatic N) is 6.